The summed E-state index contributed by atoms with van der Waals surface area (Å²) in [6.07, 6.45) is 2.63. The molecule has 1 aromatic rings. The first-order valence-corrected chi connectivity index (χ1v) is 6.40. The molecule has 1 aromatic carbocycles. The predicted molar refractivity (Wildman–Crippen MR) is 69.6 cm³/mol. The summed E-state index contributed by atoms with van der Waals surface area (Å²) in [5.74, 6) is -0.928. The fourth-order valence-electron chi connectivity index (χ4n) is 1.64. The van der Waals surface area contributed by atoms with Crippen LogP contribution in [0.1, 0.15) is 29.6 Å². The third-order valence-corrected chi connectivity index (χ3v) is 2.95. The van der Waals surface area contributed by atoms with Crippen LogP contribution in [-0.4, -0.2) is 35.4 Å². The van der Waals surface area contributed by atoms with Gasteiger partial charge in [-0.25, -0.2) is 4.39 Å². The van der Waals surface area contributed by atoms with Crippen LogP contribution >= 0.6 is 11.6 Å². The van der Waals surface area contributed by atoms with Crippen LogP contribution < -0.4 is 0 Å². The Kier molecular flexibility index (Phi) is 5.92. The molecule has 0 aromatic heterocycles. The van der Waals surface area contributed by atoms with Crippen molar-refractivity contribution in [3.05, 3.63) is 29.6 Å². The Bertz CT molecular complexity index is 392. The smallest absolute Gasteiger partial charge is 0.260 e. The second kappa shape index (κ2) is 7.21. The number of rotatable bonds is 6. The average Bonchev–Trinajstić information content (AvgIpc) is 2.34. The predicted octanol–water partition coefficient (Wildman–Crippen LogP) is 3.01. The number of amides is 1. The molecule has 0 unspecified atom stereocenters. The van der Waals surface area contributed by atoms with Crippen molar-refractivity contribution in [1.82, 2.24) is 4.90 Å². The minimum absolute atomic E-state index is 0.266. The third kappa shape index (κ3) is 3.88. The number of phenols is 1. The number of carbonyl (C=O) groups excluding carboxylic acids is 1. The summed E-state index contributed by atoms with van der Waals surface area (Å²) in [4.78, 5) is 13.4. The zero-order valence-electron chi connectivity index (χ0n) is 10.3. The Morgan fingerprint density at radius 1 is 1.39 bits per heavy atom. The Morgan fingerprint density at radius 2 is 2.11 bits per heavy atom. The average molecular weight is 274 g/mol. The monoisotopic (exact) mass is 273 g/mol. The van der Waals surface area contributed by atoms with E-state index in [2.05, 4.69) is 0 Å². The Hall–Kier alpha value is -1.29. The van der Waals surface area contributed by atoms with Crippen molar-refractivity contribution in [2.24, 2.45) is 0 Å². The third-order valence-electron chi connectivity index (χ3n) is 2.68. The fraction of sp³-hybridized carbons (Fsp3) is 0.462. The summed E-state index contributed by atoms with van der Waals surface area (Å²) in [5, 5.41) is 9.52. The highest BCUT2D eigenvalue weighted by atomic mass is 35.5. The van der Waals surface area contributed by atoms with Gasteiger partial charge in [0, 0.05) is 19.5 Å². The van der Waals surface area contributed by atoms with Crippen LogP contribution in [0, 0.1) is 5.82 Å². The normalized spacial score (nSPS) is 10.4. The molecule has 5 heteroatoms. The van der Waals surface area contributed by atoms with Crippen molar-refractivity contribution in [2.45, 2.75) is 19.3 Å². The number of hydrogen-bond acceptors (Lipinski definition) is 2. The molecule has 0 radical (unpaired) electrons. The Labute approximate surface area is 111 Å². The lowest BCUT2D eigenvalue weighted by atomic mass is 10.1. The number of unbranched alkanes of at least 4 members (excludes halogenated alkanes) is 2. The molecule has 0 heterocycles. The molecule has 0 fully saturated rings. The Balaban J connectivity index is 2.63. The van der Waals surface area contributed by atoms with Crippen LogP contribution in [0.25, 0.3) is 0 Å². The molecule has 1 rings (SSSR count). The van der Waals surface area contributed by atoms with E-state index in [1.54, 1.807) is 7.05 Å². The van der Waals surface area contributed by atoms with Gasteiger partial charge in [-0.3, -0.25) is 4.79 Å². The quantitative estimate of drug-likeness (QED) is 0.639. The maximum absolute atomic E-state index is 13.5. The van der Waals surface area contributed by atoms with Gasteiger partial charge in [-0.05, 0) is 25.0 Å². The topological polar surface area (TPSA) is 40.5 Å². The second-order valence-corrected chi connectivity index (χ2v) is 4.49. The molecular weight excluding hydrogens is 257 g/mol. The van der Waals surface area contributed by atoms with Crippen LogP contribution in [0.2, 0.25) is 0 Å². The SMILES string of the molecule is CN(CCCCCCl)C(=O)c1c(O)cccc1F. The molecule has 1 N–H and O–H groups in total. The van der Waals surface area contributed by atoms with E-state index in [9.17, 15) is 14.3 Å². The van der Waals surface area contributed by atoms with E-state index in [0.717, 1.165) is 25.3 Å². The van der Waals surface area contributed by atoms with Gasteiger partial charge < -0.3 is 10.0 Å². The van der Waals surface area contributed by atoms with Gasteiger partial charge in [0.25, 0.3) is 5.91 Å². The van der Waals surface area contributed by atoms with Crippen molar-refractivity contribution in [2.75, 3.05) is 19.5 Å². The van der Waals surface area contributed by atoms with Crippen LogP contribution in [0.5, 0.6) is 5.75 Å². The van der Waals surface area contributed by atoms with E-state index in [1.165, 1.54) is 17.0 Å². The van der Waals surface area contributed by atoms with Gasteiger partial charge >= 0.3 is 0 Å². The number of halogens is 2. The fourth-order valence-corrected chi connectivity index (χ4v) is 1.83. The maximum atomic E-state index is 13.5. The molecule has 100 valence electrons. The summed E-state index contributed by atoms with van der Waals surface area (Å²) in [6, 6.07) is 3.83. The lowest BCUT2D eigenvalue weighted by Crippen LogP contribution is -2.28. The van der Waals surface area contributed by atoms with Gasteiger partial charge in [-0.15, -0.1) is 11.6 Å². The zero-order chi connectivity index (χ0) is 13.5. The highest BCUT2D eigenvalue weighted by Gasteiger charge is 2.19. The van der Waals surface area contributed by atoms with Gasteiger partial charge in [0.15, 0.2) is 0 Å². The van der Waals surface area contributed by atoms with Gasteiger partial charge in [0.1, 0.15) is 17.1 Å². The number of alkyl halides is 1. The highest BCUT2D eigenvalue weighted by Crippen LogP contribution is 2.21. The van der Waals surface area contributed by atoms with E-state index >= 15 is 0 Å². The molecule has 0 aliphatic heterocycles. The van der Waals surface area contributed by atoms with Crippen molar-refractivity contribution in [3.8, 4) is 5.75 Å². The zero-order valence-corrected chi connectivity index (χ0v) is 11.1. The summed E-state index contributed by atoms with van der Waals surface area (Å²) in [7, 11) is 1.59. The molecule has 0 saturated carbocycles. The van der Waals surface area contributed by atoms with Gasteiger partial charge in [-0.2, -0.15) is 0 Å². The summed E-state index contributed by atoms with van der Waals surface area (Å²) in [6.45, 7) is 0.517. The number of aromatic hydroxyl groups is 1. The minimum Gasteiger partial charge on any atom is -0.507 e. The summed E-state index contributed by atoms with van der Waals surface area (Å²) >= 11 is 5.55. The van der Waals surface area contributed by atoms with Gasteiger partial charge in [0.05, 0.1) is 0 Å². The highest BCUT2D eigenvalue weighted by molar-refractivity contribution is 6.17. The number of hydrogen-bond donors (Lipinski definition) is 1. The molecule has 1 amide bonds. The van der Waals surface area contributed by atoms with E-state index < -0.39 is 11.7 Å². The summed E-state index contributed by atoms with van der Waals surface area (Å²) < 4.78 is 13.5. The minimum atomic E-state index is -0.701. The van der Waals surface area contributed by atoms with E-state index in [-0.39, 0.29) is 11.3 Å². The second-order valence-electron chi connectivity index (χ2n) is 4.11. The maximum Gasteiger partial charge on any atom is 0.260 e. The van der Waals surface area contributed by atoms with E-state index in [4.69, 9.17) is 11.6 Å². The molecule has 18 heavy (non-hydrogen) atoms. The Morgan fingerprint density at radius 3 is 2.72 bits per heavy atom. The van der Waals surface area contributed by atoms with Gasteiger partial charge in [-0.1, -0.05) is 12.5 Å². The van der Waals surface area contributed by atoms with Crippen LogP contribution in [-0.2, 0) is 0 Å². The first kappa shape index (κ1) is 14.8. The number of nitrogens with zero attached hydrogens (tertiary/aromatic N) is 1. The van der Waals surface area contributed by atoms with Crippen LogP contribution in [0.3, 0.4) is 0 Å². The molecular formula is C13H17ClFNO2. The lowest BCUT2D eigenvalue weighted by molar-refractivity contribution is 0.0785. The van der Waals surface area contributed by atoms with Crippen LogP contribution in [0.4, 0.5) is 4.39 Å². The number of carbonyl (C=O) groups is 1. The molecule has 0 spiro atoms. The largest absolute Gasteiger partial charge is 0.507 e. The van der Waals surface area contributed by atoms with Crippen molar-refractivity contribution < 1.29 is 14.3 Å². The molecule has 0 aliphatic carbocycles. The molecule has 0 saturated heterocycles. The molecule has 0 aliphatic rings. The van der Waals surface area contributed by atoms with Crippen LogP contribution in [0.15, 0.2) is 18.2 Å². The van der Waals surface area contributed by atoms with E-state index in [0.29, 0.717) is 12.4 Å². The summed E-state index contributed by atoms with van der Waals surface area (Å²) in [5.41, 5.74) is -0.266. The van der Waals surface area contributed by atoms with E-state index in [1.807, 2.05) is 0 Å². The van der Waals surface area contributed by atoms with Crippen molar-refractivity contribution in [3.63, 3.8) is 0 Å². The van der Waals surface area contributed by atoms with Crippen molar-refractivity contribution in [1.29, 1.82) is 0 Å². The van der Waals surface area contributed by atoms with Crippen molar-refractivity contribution >= 4 is 17.5 Å². The molecule has 0 bridgehead atoms. The standard InChI is InChI=1S/C13H17ClFNO2/c1-16(9-4-2-3-8-14)13(18)12-10(15)6-5-7-11(12)17/h5-7,17H,2-4,8-9H2,1H3. The first-order valence-electron chi connectivity index (χ1n) is 5.87. The number of benzene rings is 1. The molecule has 3 nitrogen and oxygen atoms in total. The first-order chi connectivity index (χ1) is 8.57. The van der Waals surface area contributed by atoms with Gasteiger partial charge in [0.2, 0.25) is 0 Å². The molecule has 0 atom stereocenters. The lowest BCUT2D eigenvalue weighted by Gasteiger charge is -2.18. The number of phenolic OH excluding ortho intramolecular Hbond substituents is 1.